The third-order valence-corrected chi connectivity index (χ3v) is 10.9. The van der Waals surface area contributed by atoms with Gasteiger partial charge in [0.1, 0.15) is 6.10 Å². The summed E-state index contributed by atoms with van der Waals surface area (Å²) in [6, 6.07) is 0. The van der Waals surface area contributed by atoms with Crippen molar-refractivity contribution in [1.29, 1.82) is 0 Å². The van der Waals surface area contributed by atoms with Crippen molar-refractivity contribution in [2.45, 2.75) is 45.3 Å². The molecule has 2 unspecified atom stereocenters. The third-order valence-electron chi connectivity index (χ3n) is 10.9. The average Bonchev–Trinajstić information content (AvgIpc) is 4.37. The minimum absolute atomic E-state index is 0.130. The molecule has 0 N–H and O–H groups in total. The Balaban J connectivity index is 1.58. The van der Waals surface area contributed by atoms with Crippen molar-refractivity contribution in [3.8, 4) is 0 Å². The highest BCUT2D eigenvalue weighted by Crippen LogP contribution is 2.16. The molecule has 1 heterocycles. The number of rotatable bonds is 78. The summed E-state index contributed by atoms with van der Waals surface area (Å²) in [5.74, 6) is 0. The Morgan fingerprint density at radius 3 is 0.482 bits per heavy atom. The SMILES string of the molecule is CCCCCOCCOCCOCCOCCOCCOCCOCCOCCOCCOCCOCCOCCOCCOCCOCCOCCOCCOCCOCCOCCOCCOCCOCCOCCOC(C)C1CO1. The van der Waals surface area contributed by atoms with Gasteiger partial charge in [0, 0.05) is 6.61 Å². The number of unbranched alkanes of at least 4 members (excludes halogenated alkanes) is 2. The van der Waals surface area contributed by atoms with Crippen LogP contribution in [0.25, 0.3) is 0 Å². The fourth-order valence-corrected chi connectivity index (χ4v) is 6.34. The molecule has 2 atom stereocenters. The van der Waals surface area contributed by atoms with Crippen molar-refractivity contribution in [3.05, 3.63) is 0 Å². The van der Waals surface area contributed by atoms with Crippen molar-refractivity contribution in [1.82, 2.24) is 0 Å². The van der Waals surface area contributed by atoms with Gasteiger partial charge in [-0.3, -0.25) is 0 Å². The molecule has 26 nitrogen and oxygen atoms in total. The van der Waals surface area contributed by atoms with Gasteiger partial charge in [-0.2, -0.15) is 0 Å². The zero-order valence-corrected chi connectivity index (χ0v) is 51.2. The Labute approximate surface area is 497 Å². The van der Waals surface area contributed by atoms with Crippen molar-refractivity contribution < 1.29 is 123 Å². The van der Waals surface area contributed by atoms with Crippen LogP contribution >= 0.6 is 0 Å². The number of ether oxygens (including phenoxy) is 26. The molecule has 0 spiro atoms. The molecule has 1 rings (SSSR count). The van der Waals surface area contributed by atoms with Gasteiger partial charge in [0.25, 0.3) is 0 Å². The summed E-state index contributed by atoms with van der Waals surface area (Å²) in [5.41, 5.74) is 0. The zero-order valence-electron chi connectivity index (χ0n) is 51.2. The second-order valence-corrected chi connectivity index (χ2v) is 17.9. The molecule has 1 aliphatic heterocycles. The number of epoxide rings is 1. The van der Waals surface area contributed by atoms with Crippen LogP contribution in [0.3, 0.4) is 0 Å². The topological polar surface area (TPSA) is 243 Å². The molecule has 1 saturated heterocycles. The Morgan fingerprint density at radius 1 is 0.217 bits per heavy atom. The fourth-order valence-electron chi connectivity index (χ4n) is 6.34. The summed E-state index contributed by atoms with van der Waals surface area (Å²) in [5, 5.41) is 0. The molecule has 0 amide bonds. The van der Waals surface area contributed by atoms with Crippen LogP contribution in [0.5, 0.6) is 0 Å². The van der Waals surface area contributed by atoms with Gasteiger partial charge in [-0.05, 0) is 13.3 Å². The van der Waals surface area contributed by atoms with Crippen LogP contribution < -0.4 is 0 Å². The van der Waals surface area contributed by atoms with E-state index in [0.29, 0.717) is 317 Å². The normalized spacial score (nSPS) is 13.7. The van der Waals surface area contributed by atoms with E-state index in [0.717, 1.165) is 19.6 Å². The third kappa shape index (κ3) is 71.6. The lowest BCUT2D eigenvalue weighted by molar-refractivity contribution is -0.0326. The average molecular weight is 1220 g/mol. The minimum Gasteiger partial charge on any atom is -0.379 e. The molecular weight excluding hydrogens is 1100 g/mol. The van der Waals surface area contributed by atoms with Crippen molar-refractivity contribution in [3.63, 3.8) is 0 Å². The van der Waals surface area contributed by atoms with Gasteiger partial charge in [0.05, 0.1) is 330 Å². The van der Waals surface area contributed by atoms with E-state index in [9.17, 15) is 0 Å². The van der Waals surface area contributed by atoms with Crippen LogP contribution in [-0.4, -0.2) is 343 Å². The standard InChI is InChI=1S/C57H114O26/c1-3-4-5-6-58-7-8-59-9-10-60-11-12-61-13-14-62-15-16-63-17-18-64-19-20-65-21-22-66-23-24-67-25-26-68-27-28-69-29-30-70-31-32-71-33-34-72-35-36-73-37-38-74-39-40-75-41-42-76-43-44-77-45-46-78-47-48-79-49-50-80-51-52-81-53-54-82-56(2)57-55-83-57/h56-57H,3-55H2,1-2H3. The largest absolute Gasteiger partial charge is 0.379 e. The second-order valence-electron chi connectivity index (χ2n) is 17.9. The van der Waals surface area contributed by atoms with Gasteiger partial charge in [0.2, 0.25) is 0 Å². The molecule has 26 heteroatoms. The molecule has 0 bridgehead atoms. The number of hydrogen-bond acceptors (Lipinski definition) is 26. The maximum atomic E-state index is 5.60. The van der Waals surface area contributed by atoms with E-state index < -0.39 is 0 Å². The van der Waals surface area contributed by atoms with Crippen LogP contribution in [0.15, 0.2) is 0 Å². The van der Waals surface area contributed by atoms with E-state index in [-0.39, 0.29) is 12.2 Å². The van der Waals surface area contributed by atoms with Crippen LogP contribution in [0, 0.1) is 0 Å². The van der Waals surface area contributed by atoms with E-state index in [2.05, 4.69) is 6.92 Å². The summed E-state index contributed by atoms with van der Waals surface area (Å²) in [6.45, 7) is 30.1. The second kappa shape index (κ2) is 73.4. The molecule has 0 aromatic carbocycles. The highest BCUT2D eigenvalue weighted by molar-refractivity contribution is 4.76. The van der Waals surface area contributed by atoms with Crippen molar-refractivity contribution in [2.24, 2.45) is 0 Å². The van der Waals surface area contributed by atoms with Gasteiger partial charge in [-0.25, -0.2) is 0 Å². The van der Waals surface area contributed by atoms with Crippen LogP contribution in [-0.2, 0) is 123 Å². The van der Waals surface area contributed by atoms with E-state index in [1.165, 1.54) is 12.8 Å². The Hall–Kier alpha value is -1.04. The Bertz CT molecular complexity index is 1160. The first-order valence-electron chi connectivity index (χ1n) is 30.4. The summed E-state index contributed by atoms with van der Waals surface area (Å²) >= 11 is 0. The zero-order chi connectivity index (χ0) is 59.0. The molecule has 498 valence electrons. The molecule has 0 aromatic rings. The maximum absolute atomic E-state index is 5.60. The van der Waals surface area contributed by atoms with Crippen LogP contribution in [0.4, 0.5) is 0 Å². The van der Waals surface area contributed by atoms with Gasteiger partial charge in [-0.15, -0.1) is 0 Å². The molecule has 0 saturated carbocycles. The first-order chi connectivity index (χ1) is 41.3. The molecule has 0 radical (unpaired) electrons. The van der Waals surface area contributed by atoms with E-state index in [1.54, 1.807) is 0 Å². The highest BCUT2D eigenvalue weighted by atomic mass is 16.6. The minimum atomic E-state index is 0.130. The number of hydrogen-bond donors (Lipinski definition) is 0. The van der Waals surface area contributed by atoms with Crippen molar-refractivity contribution in [2.75, 3.05) is 330 Å². The smallest absolute Gasteiger partial charge is 0.107 e. The van der Waals surface area contributed by atoms with Gasteiger partial charge in [-0.1, -0.05) is 19.8 Å². The fraction of sp³-hybridized carbons (Fsp3) is 1.00. The van der Waals surface area contributed by atoms with Gasteiger partial charge in [0.15, 0.2) is 0 Å². The lowest BCUT2D eigenvalue weighted by atomic mass is 10.3. The highest BCUT2D eigenvalue weighted by Gasteiger charge is 2.29. The predicted molar refractivity (Wildman–Crippen MR) is 304 cm³/mol. The molecule has 0 aliphatic carbocycles. The molecule has 1 fully saturated rings. The van der Waals surface area contributed by atoms with E-state index >= 15 is 0 Å². The summed E-state index contributed by atoms with van der Waals surface area (Å²) in [7, 11) is 0. The lowest BCUT2D eigenvalue weighted by Gasteiger charge is -2.10. The quantitative estimate of drug-likeness (QED) is 0.0627. The molecule has 83 heavy (non-hydrogen) atoms. The summed E-state index contributed by atoms with van der Waals surface area (Å²) < 4.78 is 143. The Kier molecular flexibility index (Phi) is 70.8. The monoisotopic (exact) mass is 1210 g/mol. The predicted octanol–water partition coefficient (Wildman–Crippen LogP) is 2.38. The van der Waals surface area contributed by atoms with Gasteiger partial charge >= 0.3 is 0 Å². The van der Waals surface area contributed by atoms with Gasteiger partial charge < -0.3 is 123 Å². The van der Waals surface area contributed by atoms with Crippen LogP contribution in [0.1, 0.15) is 33.1 Å². The van der Waals surface area contributed by atoms with E-state index in [1.807, 2.05) is 6.92 Å². The van der Waals surface area contributed by atoms with Crippen LogP contribution in [0.2, 0.25) is 0 Å². The lowest BCUT2D eigenvalue weighted by Crippen LogP contribution is -2.19. The van der Waals surface area contributed by atoms with E-state index in [4.69, 9.17) is 123 Å². The first kappa shape index (κ1) is 80.0. The van der Waals surface area contributed by atoms with Crippen molar-refractivity contribution >= 4 is 0 Å². The summed E-state index contributed by atoms with van der Waals surface area (Å²) in [4.78, 5) is 0. The molecular formula is C57H114O26. The summed E-state index contributed by atoms with van der Waals surface area (Å²) in [6.07, 6.45) is 3.91. The maximum Gasteiger partial charge on any atom is 0.107 e. The first-order valence-corrected chi connectivity index (χ1v) is 30.4. The molecule has 1 aliphatic rings. The molecule has 0 aromatic heterocycles. The Morgan fingerprint density at radius 2 is 0.349 bits per heavy atom.